The van der Waals surface area contributed by atoms with Crippen molar-refractivity contribution in [2.45, 2.75) is 25.2 Å². The largest absolute Gasteiger partial charge is 0.358 e. The molecule has 0 saturated heterocycles. The fourth-order valence-corrected chi connectivity index (χ4v) is 2.74. The van der Waals surface area contributed by atoms with Gasteiger partial charge in [0.1, 0.15) is 0 Å². The highest BCUT2D eigenvalue weighted by Crippen LogP contribution is 2.35. The average molecular weight is 200 g/mol. The van der Waals surface area contributed by atoms with Crippen LogP contribution in [-0.2, 0) is 6.42 Å². The SMILES string of the molecule is NC[C@H]1CCCc2c1[nH]c1ccccc21. The molecule has 2 aromatic rings. The number of nitrogens with one attached hydrogen (secondary N) is 1. The van der Waals surface area contributed by atoms with E-state index >= 15 is 0 Å². The predicted molar refractivity (Wildman–Crippen MR) is 63.0 cm³/mol. The van der Waals surface area contributed by atoms with Crippen molar-refractivity contribution in [3.63, 3.8) is 0 Å². The second-order valence-corrected chi connectivity index (χ2v) is 4.39. The van der Waals surface area contributed by atoms with Crippen LogP contribution < -0.4 is 5.73 Å². The van der Waals surface area contributed by atoms with E-state index in [4.69, 9.17) is 5.73 Å². The standard InChI is InChI=1S/C13H16N2/c14-8-9-4-3-6-11-10-5-1-2-7-12(10)15-13(9)11/h1-2,5,7,9,15H,3-4,6,8,14H2/t9-/m1/s1. The number of para-hydroxylation sites is 1. The topological polar surface area (TPSA) is 41.8 Å². The molecule has 2 heteroatoms. The lowest BCUT2D eigenvalue weighted by molar-refractivity contribution is 0.553. The monoisotopic (exact) mass is 200 g/mol. The van der Waals surface area contributed by atoms with E-state index in [0.717, 1.165) is 6.54 Å². The van der Waals surface area contributed by atoms with Crippen molar-refractivity contribution in [1.29, 1.82) is 0 Å². The van der Waals surface area contributed by atoms with Crippen LogP contribution in [0.1, 0.15) is 30.0 Å². The van der Waals surface area contributed by atoms with Gasteiger partial charge in [0.2, 0.25) is 0 Å². The van der Waals surface area contributed by atoms with Crippen molar-refractivity contribution in [3.8, 4) is 0 Å². The summed E-state index contributed by atoms with van der Waals surface area (Å²) in [5.41, 5.74) is 9.99. The first kappa shape index (κ1) is 8.98. The van der Waals surface area contributed by atoms with Crippen LogP contribution in [0, 0.1) is 0 Å². The zero-order valence-electron chi connectivity index (χ0n) is 8.79. The number of aryl methyl sites for hydroxylation is 1. The van der Waals surface area contributed by atoms with Crippen LogP contribution in [0.15, 0.2) is 24.3 Å². The van der Waals surface area contributed by atoms with Crippen molar-refractivity contribution < 1.29 is 0 Å². The lowest BCUT2D eigenvalue weighted by Crippen LogP contribution is -2.17. The van der Waals surface area contributed by atoms with Crippen LogP contribution in [0.5, 0.6) is 0 Å². The molecule has 15 heavy (non-hydrogen) atoms. The third kappa shape index (κ3) is 1.29. The maximum atomic E-state index is 5.82. The summed E-state index contributed by atoms with van der Waals surface area (Å²) in [6.45, 7) is 0.764. The molecule has 0 spiro atoms. The third-order valence-electron chi connectivity index (χ3n) is 3.52. The van der Waals surface area contributed by atoms with Crippen LogP contribution >= 0.6 is 0 Å². The Kier molecular flexibility index (Phi) is 2.03. The van der Waals surface area contributed by atoms with Gasteiger partial charge in [-0.2, -0.15) is 0 Å². The van der Waals surface area contributed by atoms with E-state index in [1.54, 1.807) is 0 Å². The lowest BCUT2D eigenvalue weighted by atomic mass is 9.87. The highest BCUT2D eigenvalue weighted by molar-refractivity contribution is 5.85. The van der Waals surface area contributed by atoms with Gasteiger partial charge < -0.3 is 10.7 Å². The average Bonchev–Trinajstić information content (AvgIpc) is 2.67. The fourth-order valence-electron chi connectivity index (χ4n) is 2.74. The summed E-state index contributed by atoms with van der Waals surface area (Å²) in [7, 11) is 0. The van der Waals surface area contributed by atoms with Crippen LogP contribution in [0.4, 0.5) is 0 Å². The van der Waals surface area contributed by atoms with Gasteiger partial charge in [0.25, 0.3) is 0 Å². The normalized spacial score (nSPS) is 20.5. The van der Waals surface area contributed by atoms with Crippen molar-refractivity contribution in [1.82, 2.24) is 4.98 Å². The molecule has 0 aliphatic heterocycles. The maximum absolute atomic E-state index is 5.82. The number of rotatable bonds is 1. The van der Waals surface area contributed by atoms with E-state index < -0.39 is 0 Å². The molecular weight excluding hydrogens is 184 g/mol. The zero-order chi connectivity index (χ0) is 10.3. The molecule has 3 rings (SSSR count). The van der Waals surface area contributed by atoms with Gasteiger partial charge in [-0.15, -0.1) is 0 Å². The molecule has 1 aromatic heterocycles. The minimum atomic E-state index is 0.543. The Morgan fingerprint density at radius 3 is 3.07 bits per heavy atom. The van der Waals surface area contributed by atoms with Gasteiger partial charge in [-0.3, -0.25) is 0 Å². The Morgan fingerprint density at radius 1 is 1.33 bits per heavy atom. The highest BCUT2D eigenvalue weighted by atomic mass is 14.8. The first-order chi connectivity index (χ1) is 7.40. The van der Waals surface area contributed by atoms with Crippen molar-refractivity contribution in [3.05, 3.63) is 35.5 Å². The summed E-state index contributed by atoms with van der Waals surface area (Å²) in [5.74, 6) is 0.543. The smallest absolute Gasteiger partial charge is 0.0459 e. The molecule has 0 unspecified atom stereocenters. The summed E-state index contributed by atoms with van der Waals surface area (Å²) in [4.78, 5) is 3.54. The van der Waals surface area contributed by atoms with Crippen molar-refractivity contribution in [2.75, 3.05) is 6.54 Å². The van der Waals surface area contributed by atoms with Crippen LogP contribution in [0.25, 0.3) is 10.9 Å². The van der Waals surface area contributed by atoms with Gasteiger partial charge in [0.05, 0.1) is 0 Å². The minimum absolute atomic E-state index is 0.543. The van der Waals surface area contributed by atoms with E-state index in [-0.39, 0.29) is 0 Å². The molecule has 0 bridgehead atoms. The molecular formula is C13H16N2. The Morgan fingerprint density at radius 2 is 2.20 bits per heavy atom. The van der Waals surface area contributed by atoms with Gasteiger partial charge in [-0.05, 0) is 30.9 Å². The Labute approximate surface area is 89.5 Å². The van der Waals surface area contributed by atoms with Gasteiger partial charge in [0, 0.05) is 29.1 Å². The maximum Gasteiger partial charge on any atom is 0.0459 e. The number of benzene rings is 1. The fraction of sp³-hybridized carbons (Fsp3) is 0.385. The number of hydrogen-bond donors (Lipinski definition) is 2. The highest BCUT2D eigenvalue weighted by Gasteiger charge is 2.22. The number of aromatic nitrogens is 1. The second kappa shape index (κ2) is 3.38. The van der Waals surface area contributed by atoms with Crippen LogP contribution in [0.3, 0.4) is 0 Å². The molecule has 1 aliphatic carbocycles. The van der Waals surface area contributed by atoms with Crippen molar-refractivity contribution in [2.24, 2.45) is 5.73 Å². The molecule has 0 fully saturated rings. The molecule has 1 aromatic carbocycles. The summed E-state index contributed by atoms with van der Waals surface area (Å²) in [6.07, 6.45) is 3.71. The second-order valence-electron chi connectivity index (χ2n) is 4.39. The van der Waals surface area contributed by atoms with E-state index in [1.807, 2.05) is 0 Å². The van der Waals surface area contributed by atoms with Crippen molar-refractivity contribution >= 4 is 10.9 Å². The molecule has 0 amide bonds. The van der Waals surface area contributed by atoms with Crippen LogP contribution in [0.2, 0.25) is 0 Å². The zero-order valence-corrected chi connectivity index (χ0v) is 8.79. The van der Waals surface area contributed by atoms with E-state index in [0.29, 0.717) is 5.92 Å². The Bertz CT molecular complexity index is 484. The molecule has 0 saturated carbocycles. The predicted octanol–water partition coefficient (Wildman–Crippen LogP) is 2.55. The molecule has 1 aliphatic rings. The molecule has 0 radical (unpaired) electrons. The summed E-state index contributed by atoms with van der Waals surface area (Å²) in [6, 6.07) is 8.56. The number of nitrogens with two attached hydrogens (primary N) is 1. The van der Waals surface area contributed by atoms with E-state index in [2.05, 4.69) is 29.2 Å². The molecule has 2 nitrogen and oxygen atoms in total. The Balaban J connectivity index is 2.24. The lowest BCUT2D eigenvalue weighted by Gasteiger charge is -2.20. The van der Waals surface area contributed by atoms with Gasteiger partial charge in [-0.25, -0.2) is 0 Å². The third-order valence-corrected chi connectivity index (χ3v) is 3.52. The summed E-state index contributed by atoms with van der Waals surface area (Å²) < 4.78 is 0. The number of hydrogen-bond acceptors (Lipinski definition) is 1. The molecule has 1 atom stereocenters. The first-order valence-electron chi connectivity index (χ1n) is 5.69. The quantitative estimate of drug-likeness (QED) is 0.729. The molecule has 3 N–H and O–H groups in total. The number of aromatic amines is 1. The number of H-pyrrole nitrogens is 1. The summed E-state index contributed by atoms with van der Waals surface area (Å²) >= 11 is 0. The van der Waals surface area contributed by atoms with E-state index in [1.165, 1.54) is 41.4 Å². The van der Waals surface area contributed by atoms with Crippen LogP contribution in [-0.4, -0.2) is 11.5 Å². The molecule has 1 heterocycles. The summed E-state index contributed by atoms with van der Waals surface area (Å²) in [5, 5.41) is 1.39. The van der Waals surface area contributed by atoms with E-state index in [9.17, 15) is 0 Å². The van der Waals surface area contributed by atoms with Gasteiger partial charge >= 0.3 is 0 Å². The molecule has 78 valence electrons. The number of fused-ring (bicyclic) bond motifs is 3. The van der Waals surface area contributed by atoms with Gasteiger partial charge in [-0.1, -0.05) is 18.2 Å². The van der Waals surface area contributed by atoms with Gasteiger partial charge in [0.15, 0.2) is 0 Å². The first-order valence-corrected chi connectivity index (χ1v) is 5.69. The Hall–Kier alpha value is -1.28. The minimum Gasteiger partial charge on any atom is -0.358 e.